The first kappa shape index (κ1) is 9.90. The quantitative estimate of drug-likeness (QED) is 0.724. The van der Waals surface area contributed by atoms with Crippen LogP contribution in [0.3, 0.4) is 0 Å². The third-order valence-corrected chi connectivity index (χ3v) is 6.08. The minimum Gasteiger partial charge on any atom is -0.313 e. The normalized spacial score (nSPS) is 54.4. The summed E-state index contributed by atoms with van der Waals surface area (Å²) >= 11 is 0. The molecule has 16 heavy (non-hydrogen) atoms. The van der Waals surface area contributed by atoms with Crippen LogP contribution in [-0.2, 0) is 0 Å². The van der Waals surface area contributed by atoms with E-state index in [9.17, 15) is 5.21 Å². The van der Waals surface area contributed by atoms with E-state index in [4.69, 9.17) is 0 Å². The Morgan fingerprint density at radius 2 is 1.19 bits per heavy atom. The van der Waals surface area contributed by atoms with Gasteiger partial charge in [-0.25, -0.2) is 0 Å². The molecule has 4 aliphatic rings. The molecule has 0 aliphatic heterocycles. The highest BCUT2D eigenvalue weighted by Crippen LogP contribution is 2.51. The Hall–Kier alpha value is -0.0800. The minimum absolute atomic E-state index is 0.531. The molecule has 0 aromatic heterocycles. The van der Waals surface area contributed by atoms with Gasteiger partial charge in [0.1, 0.15) is 0 Å². The van der Waals surface area contributed by atoms with Gasteiger partial charge in [0.15, 0.2) is 0 Å². The van der Waals surface area contributed by atoms with Gasteiger partial charge in [0.05, 0.1) is 0 Å². The maximum Gasteiger partial charge on any atom is 0.0384 e. The number of hydroxylamine groups is 2. The number of rotatable bonds is 2. The zero-order valence-electron chi connectivity index (χ0n) is 10.0. The van der Waals surface area contributed by atoms with Crippen molar-refractivity contribution in [1.29, 1.82) is 0 Å². The van der Waals surface area contributed by atoms with E-state index in [1.807, 2.05) is 5.06 Å². The van der Waals surface area contributed by atoms with Crippen LogP contribution in [0.25, 0.3) is 0 Å². The van der Waals surface area contributed by atoms with E-state index in [0.717, 1.165) is 23.7 Å². The molecule has 0 spiro atoms. The lowest BCUT2D eigenvalue weighted by molar-refractivity contribution is -0.182. The molecule has 4 saturated carbocycles. The zero-order chi connectivity index (χ0) is 10.7. The molecule has 0 radical (unpaired) electrons. The average Bonchev–Trinajstić information content (AvgIpc) is 3.06. The van der Waals surface area contributed by atoms with E-state index in [1.54, 1.807) is 0 Å². The molecule has 6 atom stereocenters. The second kappa shape index (κ2) is 3.46. The average molecular weight is 221 g/mol. The van der Waals surface area contributed by atoms with E-state index >= 15 is 0 Å². The first-order valence-corrected chi connectivity index (χ1v) is 7.28. The van der Waals surface area contributed by atoms with Crippen molar-refractivity contribution in [3.63, 3.8) is 0 Å². The SMILES string of the molecule is ON(C1C[C@@H]2CC[C@H]1C2)[C@@H]1C[C@H]2CC[C@@H]1C2. The molecule has 4 rings (SSSR count). The van der Waals surface area contributed by atoms with Crippen molar-refractivity contribution in [2.45, 2.75) is 63.5 Å². The van der Waals surface area contributed by atoms with E-state index in [-0.39, 0.29) is 0 Å². The van der Waals surface area contributed by atoms with Gasteiger partial charge in [-0.3, -0.25) is 0 Å². The van der Waals surface area contributed by atoms with Crippen molar-refractivity contribution in [2.24, 2.45) is 23.7 Å². The molecule has 0 heterocycles. The van der Waals surface area contributed by atoms with Gasteiger partial charge in [-0.2, -0.15) is 5.06 Å². The predicted octanol–water partition coefficient (Wildman–Crippen LogP) is 3.05. The van der Waals surface area contributed by atoms with Gasteiger partial charge in [-0.05, 0) is 62.2 Å². The summed E-state index contributed by atoms with van der Waals surface area (Å²) in [5.74, 6) is 3.55. The summed E-state index contributed by atoms with van der Waals surface area (Å²) < 4.78 is 0. The Morgan fingerprint density at radius 1 is 0.688 bits per heavy atom. The van der Waals surface area contributed by atoms with Crippen LogP contribution in [-0.4, -0.2) is 22.4 Å². The van der Waals surface area contributed by atoms with Crippen LogP contribution >= 0.6 is 0 Å². The molecule has 90 valence electrons. The Kier molecular flexibility index (Phi) is 2.14. The fraction of sp³-hybridized carbons (Fsp3) is 1.00. The number of nitrogens with zero attached hydrogens (tertiary/aromatic N) is 1. The highest BCUT2D eigenvalue weighted by Gasteiger charge is 2.48. The molecule has 2 heteroatoms. The number of hydrogen-bond acceptors (Lipinski definition) is 2. The zero-order valence-corrected chi connectivity index (χ0v) is 10.0. The summed E-state index contributed by atoms with van der Waals surface area (Å²) in [7, 11) is 0. The summed E-state index contributed by atoms with van der Waals surface area (Å²) in [6, 6.07) is 1.06. The van der Waals surface area contributed by atoms with E-state index in [2.05, 4.69) is 0 Å². The molecule has 0 aromatic rings. The van der Waals surface area contributed by atoms with Crippen LogP contribution in [0.15, 0.2) is 0 Å². The molecular weight excluding hydrogens is 198 g/mol. The van der Waals surface area contributed by atoms with Crippen LogP contribution in [0.4, 0.5) is 0 Å². The van der Waals surface area contributed by atoms with E-state index < -0.39 is 0 Å². The first-order chi connectivity index (χ1) is 7.81. The summed E-state index contributed by atoms with van der Waals surface area (Å²) in [6.45, 7) is 0. The van der Waals surface area contributed by atoms with Gasteiger partial charge in [-0.1, -0.05) is 12.8 Å². The Bertz CT molecular complexity index is 264. The minimum atomic E-state index is 0.531. The van der Waals surface area contributed by atoms with Crippen LogP contribution in [0.5, 0.6) is 0 Å². The number of fused-ring (bicyclic) bond motifs is 4. The summed E-state index contributed by atoms with van der Waals surface area (Å²) in [5, 5.41) is 12.4. The van der Waals surface area contributed by atoms with Gasteiger partial charge in [0, 0.05) is 12.1 Å². The molecule has 0 saturated heterocycles. The Balaban J connectivity index is 1.48. The van der Waals surface area contributed by atoms with E-state index in [0.29, 0.717) is 12.1 Å². The van der Waals surface area contributed by atoms with Gasteiger partial charge >= 0.3 is 0 Å². The second-order valence-electron chi connectivity index (χ2n) is 6.86. The predicted molar refractivity (Wildman–Crippen MR) is 62.1 cm³/mol. The smallest absolute Gasteiger partial charge is 0.0384 e. The fourth-order valence-corrected chi connectivity index (χ4v) is 5.32. The molecule has 4 fully saturated rings. The monoisotopic (exact) mass is 221 g/mol. The molecule has 1 N–H and O–H groups in total. The van der Waals surface area contributed by atoms with Crippen LogP contribution in [0.1, 0.15) is 51.4 Å². The molecular formula is C14H23NO. The Labute approximate surface area is 98.0 Å². The van der Waals surface area contributed by atoms with Gasteiger partial charge in [-0.15, -0.1) is 0 Å². The molecule has 0 amide bonds. The highest BCUT2D eigenvalue weighted by molar-refractivity contribution is 4.99. The Morgan fingerprint density at radius 3 is 1.50 bits per heavy atom. The lowest BCUT2D eigenvalue weighted by Gasteiger charge is -2.37. The van der Waals surface area contributed by atoms with Crippen molar-refractivity contribution in [3.05, 3.63) is 0 Å². The van der Waals surface area contributed by atoms with Gasteiger partial charge in [0.2, 0.25) is 0 Å². The molecule has 4 aliphatic carbocycles. The third-order valence-electron chi connectivity index (χ3n) is 6.08. The summed E-state index contributed by atoms with van der Waals surface area (Å²) in [5.41, 5.74) is 0. The maximum absolute atomic E-state index is 10.5. The largest absolute Gasteiger partial charge is 0.313 e. The molecule has 4 bridgehead atoms. The lowest BCUT2D eigenvalue weighted by atomic mass is 9.90. The second-order valence-corrected chi connectivity index (χ2v) is 6.86. The third kappa shape index (κ3) is 1.32. The summed E-state index contributed by atoms with van der Waals surface area (Å²) in [6.07, 6.45) is 11.0. The first-order valence-electron chi connectivity index (χ1n) is 7.28. The highest BCUT2D eigenvalue weighted by atomic mass is 16.5. The van der Waals surface area contributed by atoms with Crippen molar-refractivity contribution in [3.8, 4) is 0 Å². The number of hydrogen-bond donors (Lipinski definition) is 1. The molecule has 2 nitrogen and oxygen atoms in total. The van der Waals surface area contributed by atoms with Crippen molar-refractivity contribution in [1.82, 2.24) is 5.06 Å². The van der Waals surface area contributed by atoms with E-state index in [1.165, 1.54) is 51.4 Å². The molecule has 1 unspecified atom stereocenters. The van der Waals surface area contributed by atoms with Crippen molar-refractivity contribution >= 4 is 0 Å². The fourth-order valence-electron chi connectivity index (χ4n) is 5.32. The topological polar surface area (TPSA) is 23.5 Å². The van der Waals surface area contributed by atoms with Crippen LogP contribution in [0.2, 0.25) is 0 Å². The summed E-state index contributed by atoms with van der Waals surface area (Å²) in [4.78, 5) is 0. The van der Waals surface area contributed by atoms with Gasteiger partial charge in [0.25, 0.3) is 0 Å². The van der Waals surface area contributed by atoms with Crippen LogP contribution < -0.4 is 0 Å². The van der Waals surface area contributed by atoms with Gasteiger partial charge < -0.3 is 5.21 Å². The van der Waals surface area contributed by atoms with Crippen LogP contribution in [0, 0.1) is 23.7 Å². The van der Waals surface area contributed by atoms with Crippen molar-refractivity contribution < 1.29 is 5.21 Å². The lowest BCUT2D eigenvalue weighted by Crippen LogP contribution is -2.45. The molecule has 0 aromatic carbocycles. The van der Waals surface area contributed by atoms with Crippen molar-refractivity contribution in [2.75, 3.05) is 0 Å². The standard InChI is InChI=1S/C14H23NO/c16-15(13-7-9-1-3-11(13)5-9)14-8-10-2-4-12(14)6-10/h9-14,16H,1-8H2/t9-,10+,11+,12-,13+,14?/m0/s1. The maximum atomic E-state index is 10.5.